The van der Waals surface area contributed by atoms with E-state index in [-0.39, 0.29) is 11.8 Å². The molecule has 0 bridgehead atoms. The lowest BCUT2D eigenvalue weighted by Crippen LogP contribution is -2.50. The molecular weight excluding hydrogens is 348 g/mol. The molecule has 1 aromatic carbocycles. The molecule has 3 N–H and O–H groups in total. The third kappa shape index (κ3) is 2.89. The molecule has 1 aliphatic heterocycles. The molecule has 1 aliphatic rings. The normalized spacial score (nSPS) is 17.9. The second-order valence-electron chi connectivity index (χ2n) is 5.09. The molecule has 3 rings (SSSR count). The van der Waals surface area contributed by atoms with Crippen LogP contribution in [0.2, 0.25) is 0 Å². The molecular formula is C15H15BrN4O2. The van der Waals surface area contributed by atoms with Crippen LogP contribution in [0.25, 0.3) is 11.3 Å². The monoisotopic (exact) mass is 362 g/mol. The summed E-state index contributed by atoms with van der Waals surface area (Å²) >= 11 is 3.41. The van der Waals surface area contributed by atoms with E-state index in [4.69, 9.17) is 0 Å². The molecule has 0 aliphatic carbocycles. The van der Waals surface area contributed by atoms with Crippen molar-refractivity contribution in [2.45, 2.75) is 18.9 Å². The fraction of sp³-hybridized carbons (Fsp3) is 0.267. The Labute approximate surface area is 135 Å². The van der Waals surface area contributed by atoms with E-state index in [9.17, 15) is 9.59 Å². The van der Waals surface area contributed by atoms with Crippen LogP contribution in [0.3, 0.4) is 0 Å². The first kappa shape index (κ1) is 14.8. The van der Waals surface area contributed by atoms with Crippen molar-refractivity contribution in [2.24, 2.45) is 0 Å². The summed E-state index contributed by atoms with van der Waals surface area (Å²) in [6.07, 6.45) is 1.50. The zero-order valence-corrected chi connectivity index (χ0v) is 13.3. The maximum absolute atomic E-state index is 12.3. The van der Waals surface area contributed by atoms with Crippen LogP contribution in [0.4, 0.5) is 0 Å². The van der Waals surface area contributed by atoms with Crippen LogP contribution in [0.1, 0.15) is 23.3 Å². The Bertz CT molecular complexity index is 699. The number of carbonyl (C=O) groups is 2. The third-order valence-electron chi connectivity index (χ3n) is 3.57. The highest BCUT2D eigenvalue weighted by Gasteiger charge is 2.26. The molecule has 22 heavy (non-hydrogen) atoms. The van der Waals surface area contributed by atoms with Crippen LogP contribution in [0.15, 0.2) is 34.8 Å². The Morgan fingerprint density at radius 3 is 2.82 bits per heavy atom. The van der Waals surface area contributed by atoms with Crippen molar-refractivity contribution in [1.29, 1.82) is 0 Å². The van der Waals surface area contributed by atoms with Gasteiger partial charge in [-0.15, -0.1) is 0 Å². The molecule has 0 unspecified atom stereocenters. The molecule has 0 radical (unpaired) electrons. The second kappa shape index (κ2) is 6.31. The lowest BCUT2D eigenvalue weighted by molar-refractivity contribution is -0.124. The minimum Gasteiger partial charge on any atom is -0.354 e. The smallest absolute Gasteiger partial charge is 0.271 e. The number of nitrogens with one attached hydrogen (secondary N) is 3. The lowest BCUT2D eigenvalue weighted by Gasteiger charge is -2.22. The quantitative estimate of drug-likeness (QED) is 0.778. The van der Waals surface area contributed by atoms with E-state index in [1.54, 1.807) is 0 Å². The average Bonchev–Trinajstić information content (AvgIpc) is 2.92. The van der Waals surface area contributed by atoms with Gasteiger partial charge in [-0.25, -0.2) is 0 Å². The number of nitrogens with zero attached hydrogens (tertiary/aromatic N) is 1. The molecule has 1 saturated heterocycles. The van der Waals surface area contributed by atoms with Crippen LogP contribution in [-0.4, -0.2) is 34.6 Å². The van der Waals surface area contributed by atoms with Gasteiger partial charge in [0.15, 0.2) is 0 Å². The maximum atomic E-state index is 12.3. The van der Waals surface area contributed by atoms with Gasteiger partial charge < -0.3 is 10.6 Å². The summed E-state index contributed by atoms with van der Waals surface area (Å²) in [5.74, 6) is -0.484. The Kier molecular flexibility index (Phi) is 4.24. The molecule has 2 aromatic rings. The summed E-state index contributed by atoms with van der Waals surface area (Å²) in [5, 5.41) is 12.4. The van der Waals surface area contributed by atoms with Crippen molar-refractivity contribution in [3.05, 3.63) is 40.5 Å². The number of H-pyrrole nitrogens is 1. The van der Waals surface area contributed by atoms with Crippen molar-refractivity contribution in [3.63, 3.8) is 0 Å². The van der Waals surface area contributed by atoms with E-state index >= 15 is 0 Å². The number of carbonyl (C=O) groups excluding carboxylic acids is 2. The van der Waals surface area contributed by atoms with Gasteiger partial charge >= 0.3 is 0 Å². The molecule has 2 heterocycles. The summed E-state index contributed by atoms with van der Waals surface area (Å²) in [5.41, 5.74) is 1.89. The van der Waals surface area contributed by atoms with E-state index in [0.717, 1.165) is 12.0 Å². The van der Waals surface area contributed by atoms with Gasteiger partial charge in [0.05, 0.1) is 4.47 Å². The van der Waals surface area contributed by atoms with Crippen LogP contribution in [0.5, 0.6) is 0 Å². The zero-order chi connectivity index (χ0) is 15.5. The standard InChI is InChI=1S/C15H15BrN4O2/c16-11-12(9-5-2-1-3-6-9)19-20-13(11)15(22)18-10-7-4-8-17-14(10)21/h1-3,5-6,10H,4,7-8H2,(H,17,21)(H,18,22)(H,19,20)/t10-/m1/s1. The minimum absolute atomic E-state index is 0.140. The van der Waals surface area contributed by atoms with Crippen LogP contribution in [0, 0.1) is 0 Å². The first-order valence-electron chi connectivity index (χ1n) is 7.04. The Hall–Kier alpha value is -2.15. The fourth-order valence-corrected chi connectivity index (χ4v) is 2.99. The van der Waals surface area contributed by atoms with Crippen LogP contribution < -0.4 is 10.6 Å². The van der Waals surface area contributed by atoms with Crippen molar-refractivity contribution < 1.29 is 9.59 Å². The lowest BCUT2D eigenvalue weighted by atomic mass is 10.1. The van der Waals surface area contributed by atoms with Crippen LogP contribution >= 0.6 is 15.9 Å². The van der Waals surface area contributed by atoms with E-state index in [1.807, 2.05) is 30.3 Å². The highest BCUT2D eigenvalue weighted by Crippen LogP contribution is 2.28. The van der Waals surface area contributed by atoms with Gasteiger partial charge in [-0.05, 0) is 28.8 Å². The van der Waals surface area contributed by atoms with Crippen molar-refractivity contribution in [1.82, 2.24) is 20.8 Å². The molecule has 1 aromatic heterocycles. The van der Waals surface area contributed by atoms with Crippen LogP contribution in [-0.2, 0) is 4.79 Å². The zero-order valence-electron chi connectivity index (χ0n) is 11.7. The number of amides is 2. The molecule has 6 nitrogen and oxygen atoms in total. The molecule has 114 valence electrons. The first-order valence-corrected chi connectivity index (χ1v) is 7.84. The predicted octanol–water partition coefficient (Wildman–Crippen LogP) is 1.85. The van der Waals surface area contributed by atoms with Gasteiger partial charge in [-0.1, -0.05) is 30.3 Å². The third-order valence-corrected chi connectivity index (χ3v) is 4.34. The van der Waals surface area contributed by atoms with Crippen molar-refractivity contribution in [2.75, 3.05) is 6.54 Å². The van der Waals surface area contributed by atoms with E-state index < -0.39 is 6.04 Å². The van der Waals surface area contributed by atoms with Gasteiger partial charge in [0.25, 0.3) is 5.91 Å². The number of piperidine rings is 1. The highest BCUT2D eigenvalue weighted by atomic mass is 79.9. The molecule has 0 saturated carbocycles. The Morgan fingerprint density at radius 2 is 2.09 bits per heavy atom. The van der Waals surface area contributed by atoms with E-state index in [0.29, 0.717) is 28.8 Å². The number of hydrogen-bond donors (Lipinski definition) is 3. The summed E-state index contributed by atoms with van der Waals surface area (Å²) in [7, 11) is 0. The largest absolute Gasteiger partial charge is 0.354 e. The van der Waals surface area contributed by atoms with Crippen molar-refractivity contribution in [3.8, 4) is 11.3 Å². The number of halogens is 1. The Balaban J connectivity index is 1.79. The molecule has 0 spiro atoms. The van der Waals surface area contributed by atoms with Gasteiger partial charge in [0.2, 0.25) is 5.91 Å². The molecule has 1 fully saturated rings. The average molecular weight is 363 g/mol. The topological polar surface area (TPSA) is 86.9 Å². The maximum Gasteiger partial charge on any atom is 0.271 e. The predicted molar refractivity (Wildman–Crippen MR) is 85.2 cm³/mol. The van der Waals surface area contributed by atoms with Gasteiger partial charge in [-0.3, -0.25) is 14.7 Å². The summed E-state index contributed by atoms with van der Waals surface area (Å²) in [6.45, 7) is 0.664. The van der Waals surface area contributed by atoms with Gasteiger partial charge in [0, 0.05) is 12.1 Å². The summed E-state index contributed by atoms with van der Waals surface area (Å²) < 4.78 is 0.590. The SMILES string of the molecule is O=C(N[C@@H]1CCCNC1=O)c1[nH]nc(-c2ccccc2)c1Br. The fourth-order valence-electron chi connectivity index (χ4n) is 2.41. The van der Waals surface area contributed by atoms with Gasteiger partial charge in [-0.2, -0.15) is 5.10 Å². The number of hydrogen-bond acceptors (Lipinski definition) is 3. The van der Waals surface area contributed by atoms with Crippen molar-refractivity contribution >= 4 is 27.7 Å². The number of aromatic nitrogens is 2. The number of aromatic amines is 1. The van der Waals surface area contributed by atoms with E-state index in [2.05, 4.69) is 36.8 Å². The van der Waals surface area contributed by atoms with E-state index in [1.165, 1.54) is 0 Å². The first-order chi connectivity index (χ1) is 10.7. The molecule has 1 atom stereocenters. The highest BCUT2D eigenvalue weighted by molar-refractivity contribution is 9.10. The summed E-state index contributed by atoms with van der Waals surface area (Å²) in [4.78, 5) is 24.0. The minimum atomic E-state index is -0.489. The Morgan fingerprint density at radius 1 is 1.32 bits per heavy atom. The number of benzene rings is 1. The van der Waals surface area contributed by atoms with Gasteiger partial charge in [0.1, 0.15) is 17.4 Å². The molecule has 7 heteroatoms. The molecule has 2 amide bonds. The summed E-state index contributed by atoms with van der Waals surface area (Å²) in [6, 6.07) is 9.07. The number of rotatable bonds is 3. The second-order valence-corrected chi connectivity index (χ2v) is 5.88.